The van der Waals surface area contributed by atoms with Crippen molar-refractivity contribution in [3.63, 3.8) is 0 Å². The number of fused-ring (bicyclic) bond motifs is 1. The Labute approximate surface area is 144 Å². The molecule has 1 fully saturated rings. The van der Waals surface area contributed by atoms with Crippen LogP contribution in [0.3, 0.4) is 0 Å². The highest BCUT2D eigenvalue weighted by Gasteiger charge is 2.39. The molecule has 3 rings (SSSR count). The maximum absolute atomic E-state index is 6.04. The Morgan fingerprint density at radius 2 is 1.92 bits per heavy atom. The third-order valence-corrected chi connectivity index (χ3v) is 4.85. The summed E-state index contributed by atoms with van der Waals surface area (Å²) in [4.78, 5) is 0. The standard InChI is InChI=1S/C19H29N3O2/c1-6-14(22-16-10-8-7-9-15(16)20-21-22)11-19(4,5)17-23-12-18(2,3)13-24-17/h7-10,14,17H,6,11-13H2,1-5H3. The van der Waals surface area contributed by atoms with Gasteiger partial charge in [0, 0.05) is 10.8 Å². The Kier molecular flexibility index (Phi) is 4.67. The molecule has 0 amide bonds. The van der Waals surface area contributed by atoms with Gasteiger partial charge in [0.05, 0.1) is 24.8 Å². The monoisotopic (exact) mass is 331 g/mol. The van der Waals surface area contributed by atoms with Crippen molar-refractivity contribution in [2.24, 2.45) is 10.8 Å². The molecule has 2 aromatic rings. The Bertz CT molecular complexity index is 683. The van der Waals surface area contributed by atoms with E-state index in [0.717, 1.165) is 37.1 Å². The summed E-state index contributed by atoms with van der Waals surface area (Å²) in [6, 6.07) is 8.40. The second kappa shape index (κ2) is 6.45. The number of nitrogens with zero attached hydrogens (tertiary/aromatic N) is 3. The smallest absolute Gasteiger partial charge is 0.162 e. The van der Waals surface area contributed by atoms with Crippen LogP contribution in [0.4, 0.5) is 0 Å². The molecule has 5 nitrogen and oxygen atoms in total. The predicted octanol–water partition coefficient (Wildman–Crippen LogP) is 4.20. The maximum atomic E-state index is 6.04. The van der Waals surface area contributed by atoms with Gasteiger partial charge < -0.3 is 9.47 Å². The Morgan fingerprint density at radius 3 is 2.58 bits per heavy atom. The number of benzene rings is 1. The fourth-order valence-electron chi connectivity index (χ4n) is 3.41. The molecule has 1 aromatic carbocycles. The van der Waals surface area contributed by atoms with Gasteiger partial charge >= 0.3 is 0 Å². The molecular weight excluding hydrogens is 302 g/mol. The van der Waals surface area contributed by atoms with Gasteiger partial charge in [-0.1, -0.05) is 52.0 Å². The number of aromatic nitrogens is 3. The Balaban J connectivity index is 1.77. The summed E-state index contributed by atoms with van der Waals surface area (Å²) in [5.74, 6) is 0. The first-order valence-electron chi connectivity index (χ1n) is 8.85. The molecule has 1 aliphatic heterocycles. The van der Waals surface area contributed by atoms with Crippen molar-refractivity contribution in [2.45, 2.75) is 59.8 Å². The number of ether oxygens (including phenoxy) is 2. The summed E-state index contributed by atoms with van der Waals surface area (Å²) >= 11 is 0. The summed E-state index contributed by atoms with van der Waals surface area (Å²) in [5, 5.41) is 8.70. The molecule has 0 radical (unpaired) electrons. The molecule has 1 aliphatic rings. The quantitative estimate of drug-likeness (QED) is 0.824. The summed E-state index contributed by atoms with van der Waals surface area (Å²) in [5.41, 5.74) is 2.04. The van der Waals surface area contributed by atoms with Crippen LogP contribution in [0.5, 0.6) is 0 Å². The molecular formula is C19H29N3O2. The molecule has 132 valence electrons. The van der Waals surface area contributed by atoms with E-state index >= 15 is 0 Å². The molecule has 1 saturated heterocycles. The van der Waals surface area contributed by atoms with Crippen LogP contribution in [0.1, 0.15) is 53.5 Å². The Hall–Kier alpha value is -1.46. The molecule has 5 heteroatoms. The zero-order valence-electron chi connectivity index (χ0n) is 15.5. The third kappa shape index (κ3) is 3.47. The predicted molar refractivity (Wildman–Crippen MR) is 94.7 cm³/mol. The first-order chi connectivity index (χ1) is 11.3. The third-order valence-electron chi connectivity index (χ3n) is 4.85. The minimum Gasteiger partial charge on any atom is -0.351 e. The van der Waals surface area contributed by atoms with E-state index in [2.05, 4.69) is 55.7 Å². The minimum atomic E-state index is -0.172. The lowest BCUT2D eigenvalue weighted by Crippen LogP contribution is -2.45. The lowest BCUT2D eigenvalue weighted by atomic mass is 9.83. The van der Waals surface area contributed by atoms with Gasteiger partial charge in [-0.25, -0.2) is 4.68 Å². The fraction of sp³-hybridized carbons (Fsp3) is 0.684. The Morgan fingerprint density at radius 1 is 1.25 bits per heavy atom. The number of rotatable bonds is 5. The summed E-state index contributed by atoms with van der Waals surface area (Å²) in [6.45, 7) is 12.5. The van der Waals surface area contributed by atoms with E-state index in [1.165, 1.54) is 0 Å². The first kappa shape index (κ1) is 17.4. The fourth-order valence-corrected chi connectivity index (χ4v) is 3.41. The first-order valence-corrected chi connectivity index (χ1v) is 8.85. The van der Waals surface area contributed by atoms with Crippen molar-refractivity contribution in [1.29, 1.82) is 0 Å². The molecule has 1 unspecified atom stereocenters. The van der Waals surface area contributed by atoms with Gasteiger partial charge in [0.15, 0.2) is 6.29 Å². The average molecular weight is 331 g/mol. The molecule has 2 heterocycles. The highest BCUT2D eigenvalue weighted by Crippen LogP contribution is 2.39. The molecule has 1 aromatic heterocycles. The van der Waals surface area contributed by atoms with Gasteiger partial charge in [-0.05, 0) is 25.0 Å². The van der Waals surface area contributed by atoms with Gasteiger partial charge in [-0.15, -0.1) is 5.10 Å². The van der Waals surface area contributed by atoms with E-state index in [9.17, 15) is 0 Å². The van der Waals surface area contributed by atoms with Crippen LogP contribution in [-0.4, -0.2) is 34.5 Å². The number of para-hydroxylation sites is 1. The zero-order chi connectivity index (χ0) is 17.4. The van der Waals surface area contributed by atoms with Crippen LogP contribution in [0.2, 0.25) is 0 Å². The van der Waals surface area contributed by atoms with Crippen molar-refractivity contribution >= 4 is 11.0 Å². The van der Waals surface area contributed by atoms with Crippen LogP contribution in [-0.2, 0) is 9.47 Å². The van der Waals surface area contributed by atoms with Gasteiger partial charge in [-0.3, -0.25) is 0 Å². The molecule has 0 N–H and O–H groups in total. The molecule has 0 spiro atoms. The number of hydrogen-bond donors (Lipinski definition) is 0. The lowest BCUT2D eigenvalue weighted by Gasteiger charge is -2.43. The van der Waals surface area contributed by atoms with Gasteiger partial charge in [0.1, 0.15) is 5.52 Å². The molecule has 24 heavy (non-hydrogen) atoms. The van der Waals surface area contributed by atoms with E-state index < -0.39 is 0 Å². The molecule has 0 saturated carbocycles. The van der Waals surface area contributed by atoms with Gasteiger partial charge in [0.2, 0.25) is 0 Å². The highest BCUT2D eigenvalue weighted by molar-refractivity contribution is 5.73. The molecule has 0 bridgehead atoms. The van der Waals surface area contributed by atoms with Crippen LogP contribution in [0, 0.1) is 10.8 Å². The van der Waals surface area contributed by atoms with E-state index in [0.29, 0.717) is 0 Å². The van der Waals surface area contributed by atoms with Gasteiger partial charge in [-0.2, -0.15) is 0 Å². The topological polar surface area (TPSA) is 49.2 Å². The van der Waals surface area contributed by atoms with Crippen molar-refractivity contribution in [3.05, 3.63) is 24.3 Å². The summed E-state index contributed by atoms with van der Waals surface area (Å²) < 4.78 is 14.1. The van der Waals surface area contributed by atoms with Crippen LogP contribution >= 0.6 is 0 Å². The van der Waals surface area contributed by atoms with E-state index in [1.807, 2.05) is 18.2 Å². The van der Waals surface area contributed by atoms with Crippen molar-refractivity contribution < 1.29 is 9.47 Å². The SMILES string of the molecule is CCC(CC(C)(C)C1OCC(C)(C)CO1)n1nnc2ccccc21. The van der Waals surface area contributed by atoms with E-state index in [1.54, 1.807) is 0 Å². The van der Waals surface area contributed by atoms with Crippen LogP contribution in [0.15, 0.2) is 24.3 Å². The van der Waals surface area contributed by atoms with Crippen molar-refractivity contribution in [1.82, 2.24) is 15.0 Å². The molecule has 0 aliphatic carbocycles. The maximum Gasteiger partial charge on any atom is 0.162 e. The zero-order valence-corrected chi connectivity index (χ0v) is 15.5. The second-order valence-electron chi connectivity index (χ2n) is 8.40. The van der Waals surface area contributed by atoms with Gasteiger partial charge in [0.25, 0.3) is 0 Å². The minimum absolute atomic E-state index is 0.0930. The average Bonchev–Trinajstić information content (AvgIpc) is 2.96. The van der Waals surface area contributed by atoms with Crippen molar-refractivity contribution in [3.8, 4) is 0 Å². The summed E-state index contributed by atoms with van der Waals surface area (Å²) in [6.07, 6.45) is 1.76. The van der Waals surface area contributed by atoms with Crippen molar-refractivity contribution in [2.75, 3.05) is 13.2 Å². The largest absolute Gasteiger partial charge is 0.351 e. The van der Waals surface area contributed by atoms with Crippen LogP contribution in [0.25, 0.3) is 11.0 Å². The van der Waals surface area contributed by atoms with E-state index in [4.69, 9.17) is 9.47 Å². The van der Waals surface area contributed by atoms with Crippen LogP contribution < -0.4 is 0 Å². The highest BCUT2D eigenvalue weighted by atomic mass is 16.7. The lowest BCUT2D eigenvalue weighted by molar-refractivity contribution is -0.265. The number of hydrogen-bond acceptors (Lipinski definition) is 4. The second-order valence-corrected chi connectivity index (χ2v) is 8.40. The summed E-state index contributed by atoms with van der Waals surface area (Å²) in [7, 11) is 0. The molecule has 1 atom stereocenters. The van der Waals surface area contributed by atoms with E-state index in [-0.39, 0.29) is 23.2 Å². The normalized spacial score (nSPS) is 20.4.